The summed E-state index contributed by atoms with van der Waals surface area (Å²) >= 11 is 0. The molecule has 2 rings (SSSR count). The lowest BCUT2D eigenvalue weighted by atomic mass is 10.4. The van der Waals surface area contributed by atoms with Gasteiger partial charge in [0.1, 0.15) is 11.6 Å². The summed E-state index contributed by atoms with van der Waals surface area (Å²) in [6.45, 7) is 4.00. The molecule has 94 valence electrons. The standard InChI is InChI=1S/C13H15N3O2/c1-10(2)16-12(7-8-14-16)15-13(17)6-5-11-4-3-9-18-11/h3-10H,1-2H3,(H,15,17). The van der Waals surface area contributed by atoms with Crippen molar-refractivity contribution in [1.82, 2.24) is 9.78 Å². The third-order valence-corrected chi connectivity index (χ3v) is 2.35. The normalized spacial score (nSPS) is 11.3. The van der Waals surface area contributed by atoms with Crippen molar-refractivity contribution in [2.75, 3.05) is 5.32 Å². The summed E-state index contributed by atoms with van der Waals surface area (Å²) in [6.07, 6.45) is 6.26. The minimum absolute atomic E-state index is 0.198. The Kier molecular flexibility index (Phi) is 3.62. The summed E-state index contributed by atoms with van der Waals surface area (Å²) in [5.74, 6) is 1.11. The fourth-order valence-electron chi connectivity index (χ4n) is 1.54. The van der Waals surface area contributed by atoms with Crippen LogP contribution in [0, 0.1) is 0 Å². The summed E-state index contributed by atoms with van der Waals surface area (Å²) in [7, 11) is 0. The number of nitrogens with one attached hydrogen (secondary N) is 1. The molecule has 2 aromatic heterocycles. The van der Waals surface area contributed by atoms with Crippen LogP contribution in [0.5, 0.6) is 0 Å². The van der Waals surface area contributed by atoms with Crippen molar-refractivity contribution in [2.45, 2.75) is 19.9 Å². The maximum atomic E-state index is 11.7. The predicted octanol–water partition coefficient (Wildman–Crippen LogP) is 2.71. The highest BCUT2D eigenvalue weighted by molar-refractivity contribution is 6.01. The van der Waals surface area contributed by atoms with Crippen LogP contribution in [-0.2, 0) is 4.79 Å². The van der Waals surface area contributed by atoms with Gasteiger partial charge in [0.15, 0.2) is 0 Å². The summed E-state index contributed by atoms with van der Waals surface area (Å²) in [4.78, 5) is 11.7. The Morgan fingerprint density at radius 3 is 3.00 bits per heavy atom. The zero-order chi connectivity index (χ0) is 13.0. The topological polar surface area (TPSA) is 60.1 Å². The van der Waals surface area contributed by atoms with Gasteiger partial charge in [0.2, 0.25) is 5.91 Å². The summed E-state index contributed by atoms with van der Waals surface area (Å²) in [5.41, 5.74) is 0. The molecule has 0 spiro atoms. The van der Waals surface area contributed by atoms with Gasteiger partial charge in [-0.05, 0) is 32.1 Å². The molecule has 0 fully saturated rings. The molecule has 2 aromatic rings. The van der Waals surface area contributed by atoms with Crippen molar-refractivity contribution >= 4 is 17.8 Å². The molecule has 0 aliphatic rings. The Balaban J connectivity index is 2.01. The smallest absolute Gasteiger partial charge is 0.249 e. The van der Waals surface area contributed by atoms with Crippen molar-refractivity contribution in [3.05, 3.63) is 42.5 Å². The largest absolute Gasteiger partial charge is 0.465 e. The first-order chi connectivity index (χ1) is 8.66. The van der Waals surface area contributed by atoms with Crippen LogP contribution in [0.25, 0.3) is 6.08 Å². The van der Waals surface area contributed by atoms with Gasteiger partial charge in [-0.15, -0.1) is 0 Å². The van der Waals surface area contributed by atoms with Crippen molar-refractivity contribution in [3.8, 4) is 0 Å². The van der Waals surface area contributed by atoms with Gasteiger partial charge >= 0.3 is 0 Å². The first-order valence-corrected chi connectivity index (χ1v) is 5.73. The summed E-state index contributed by atoms with van der Waals surface area (Å²) in [6, 6.07) is 5.51. The molecule has 0 bridgehead atoms. The van der Waals surface area contributed by atoms with E-state index in [9.17, 15) is 4.79 Å². The average molecular weight is 245 g/mol. The van der Waals surface area contributed by atoms with Gasteiger partial charge < -0.3 is 9.73 Å². The van der Waals surface area contributed by atoms with E-state index in [4.69, 9.17) is 4.42 Å². The summed E-state index contributed by atoms with van der Waals surface area (Å²) < 4.78 is 6.85. The molecule has 5 heteroatoms. The molecule has 1 amide bonds. The lowest BCUT2D eigenvalue weighted by Gasteiger charge is -2.10. The maximum absolute atomic E-state index is 11.7. The summed E-state index contributed by atoms with van der Waals surface area (Å²) in [5, 5.41) is 6.91. The second kappa shape index (κ2) is 5.35. The Morgan fingerprint density at radius 1 is 1.50 bits per heavy atom. The average Bonchev–Trinajstić information content (AvgIpc) is 2.96. The molecule has 0 radical (unpaired) electrons. The molecule has 0 unspecified atom stereocenters. The van der Waals surface area contributed by atoms with Crippen LogP contribution in [0.3, 0.4) is 0 Å². The third-order valence-electron chi connectivity index (χ3n) is 2.35. The van der Waals surface area contributed by atoms with Crippen molar-refractivity contribution in [2.24, 2.45) is 0 Å². The number of hydrogen-bond donors (Lipinski definition) is 1. The van der Waals surface area contributed by atoms with Crippen LogP contribution in [-0.4, -0.2) is 15.7 Å². The van der Waals surface area contributed by atoms with Crippen LogP contribution in [0.2, 0.25) is 0 Å². The second-order valence-electron chi connectivity index (χ2n) is 4.09. The minimum Gasteiger partial charge on any atom is -0.465 e. The first kappa shape index (κ1) is 12.2. The van der Waals surface area contributed by atoms with Crippen LogP contribution in [0.1, 0.15) is 25.6 Å². The van der Waals surface area contributed by atoms with E-state index in [2.05, 4.69) is 10.4 Å². The predicted molar refractivity (Wildman–Crippen MR) is 69.0 cm³/mol. The molecular weight excluding hydrogens is 230 g/mol. The van der Waals surface area contributed by atoms with E-state index >= 15 is 0 Å². The first-order valence-electron chi connectivity index (χ1n) is 5.73. The van der Waals surface area contributed by atoms with Crippen LogP contribution < -0.4 is 5.32 Å². The number of nitrogens with zero attached hydrogens (tertiary/aromatic N) is 2. The quantitative estimate of drug-likeness (QED) is 0.842. The molecule has 2 heterocycles. The number of furan rings is 1. The highest BCUT2D eigenvalue weighted by Gasteiger charge is 2.07. The number of anilines is 1. The molecule has 5 nitrogen and oxygen atoms in total. The zero-order valence-electron chi connectivity index (χ0n) is 10.3. The third kappa shape index (κ3) is 2.88. The minimum atomic E-state index is -0.214. The maximum Gasteiger partial charge on any atom is 0.249 e. The Morgan fingerprint density at radius 2 is 2.33 bits per heavy atom. The van der Waals surface area contributed by atoms with E-state index in [-0.39, 0.29) is 11.9 Å². The van der Waals surface area contributed by atoms with E-state index in [0.29, 0.717) is 11.6 Å². The molecule has 0 saturated heterocycles. The SMILES string of the molecule is CC(C)n1nccc1NC(=O)C=Cc1ccco1. The lowest BCUT2D eigenvalue weighted by molar-refractivity contribution is -0.111. The Labute approximate surface area is 105 Å². The van der Waals surface area contributed by atoms with E-state index in [1.807, 2.05) is 13.8 Å². The molecule has 1 N–H and O–H groups in total. The van der Waals surface area contributed by atoms with Gasteiger partial charge in [-0.1, -0.05) is 0 Å². The van der Waals surface area contributed by atoms with Gasteiger partial charge in [-0.25, -0.2) is 4.68 Å². The van der Waals surface area contributed by atoms with Crippen molar-refractivity contribution < 1.29 is 9.21 Å². The molecular formula is C13H15N3O2. The molecule has 0 saturated carbocycles. The number of rotatable bonds is 4. The molecule has 0 aliphatic carbocycles. The number of amides is 1. The number of carbonyl (C=O) groups is 1. The van der Waals surface area contributed by atoms with Gasteiger partial charge in [-0.2, -0.15) is 5.10 Å². The van der Waals surface area contributed by atoms with Crippen molar-refractivity contribution in [1.29, 1.82) is 0 Å². The van der Waals surface area contributed by atoms with E-state index in [1.54, 1.807) is 41.4 Å². The van der Waals surface area contributed by atoms with Gasteiger partial charge in [-0.3, -0.25) is 4.79 Å². The van der Waals surface area contributed by atoms with Crippen molar-refractivity contribution in [3.63, 3.8) is 0 Å². The number of hydrogen-bond acceptors (Lipinski definition) is 3. The molecule has 18 heavy (non-hydrogen) atoms. The molecule has 0 aromatic carbocycles. The molecule has 0 aliphatic heterocycles. The fourth-order valence-corrected chi connectivity index (χ4v) is 1.54. The Bertz CT molecular complexity index is 538. The van der Waals surface area contributed by atoms with Gasteiger partial charge in [0.25, 0.3) is 0 Å². The highest BCUT2D eigenvalue weighted by Crippen LogP contribution is 2.13. The highest BCUT2D eigenvalue weighted by atomic mass is 16.3. The second-order valence-corrected chi connectivity index (χ2v) is 4.09. The number of carbonyl (C=O) groups excluding carboxylic acids is 1. The zero-order valence-corrected chi connectivity index (χ0v) is 10.3. The van der Waals surface area contributed by atoms with E-state index in [0.717, 1.165) is 0 Å². The van der Waals surface area contributed by atoms with Gasteiger partial charge in [0.05, 0.1) is 12.5 Å². The van der Waals surface area contributed by atoms with Gasteiger partial charge in [0, 0.05) is 18.2 Å². The van der Waals surface area contributed by atoms with Crippen LogP contribution in [0.4, 0.5) is 5.82 Å². The molecule has 0 atom stereocenters. The van der Waals surface area contributed by atoms with E-state index < -0.39 is 0 Å². The monoisotopic (exact) mass is 245 g/mol. The fraction of sp³-hybridized carbons (Fsp3) is 0.231. The number of aromatic nitrogens is 2. The van der Waals surface area contributed by atoms with E-state index in [1.165, 1.54) is 6.08 Å². The lowest BCUT2D eigenvalue weighted by Crippen LogP contribution is -2.14. The Hall–Kier alpha value is -2.30. The van der Waals surface area contributed by atoms with Crippen LogP contribution >= 0.6 is 0 Å². The van der Waals surface area contributed by atoms with Crippen LogP contribution in [0.15, 0.2) is 41.2 Å².